The molecule has 2 rings (SSSR count). The van der Waals surface area contributed by atoms with Crippen molar-refractivity contribution in [2.45, 2.75) is 6.54 Å². The van der Waals surface area contributed by atoms with Crippen LogP contribution in [-0.4, -0.2) is 29.0 Å². The van der Waals surface area contributed by atoms with Crippen LogP contribution in [-0.2, 0) is 6.54 Å². The Morgan fingerprint density at radius 1 is 1.23 bits per heavy atom. The standard InChI is InChI=1S/C9H10N2O2/c1-10-5-6-11-7(9(10)13)3-2-4-8(11)12/h2-4H,5-6H2,1H3. The molecular weight excluding hydrogens is 168 g/mol. The van der Waals surface area contributed by atoms with E-state index in [0.717, 1.165) is 0 Å². The smallest absolute Gasteiger partial charge is 0.270 e. The lowest BCUT2D eigenvalue weighted by molar-refractivity contribution is 0.0745. The predicted octanol–water partition coefficient (Wildman–Crippen LogP) is -0.0661. The normalized spacial score (nSPS) is 15.8. The Morgan fingerprint density at radius 2 is 2.00 bits per heavy atom. The maximum absolute atomic E-state index is 11.5. The van der Waals surface area contributed by atoms with E-state index in [9.17, 15) is 9.59 Å². The number of aromatic nitrogens is 1. The van der Waals surface area contributed by atoms with E-state index in [4.69, 9.17) is 0 Å². The zero-order valence-electron chi connectivity index (χ0n) is 7.36. The summed E-state index contributed by atoms with van der Waals surface area (Å²) in [7, 11) is 1.74. The molecule has 0 saturated carbocycles. The molecule has 1 amide bonds. The Morgan fingerprint density at radius 3 is 2.77 bits per heavy atom. The molecule has 68 valence electrons. The molecule has 1 aliphatic heterocycles. The van der Waals surface area contributed by atoms with Gasteiger partial charge in [0.05, 0.1) is 0 Å². The van der Waals surface area contributed by atoms with Crippen LogP contribution < -0.4 is 5.56 Å². The summed E-state index contributed by atoms with van der Waals surface area (Å²) < 4.78 is 1.52. The van der Waals surface area contributed by atoms with E-state index in [0.29, 0.717) is 18.8 Å². The molecule has 0 aromatic carbocycles. The first-order valence-corrected chi connectivity index (χ1v) is 4.15. The van der Waals surface area contributed by atoms with Crippen molar-refractivity contribution in [3.05, 3.63) is 34.2 Å². The van der Waals surface area contributed by atoms with E-state index < -0.39 is 0 Å². The fourth-order valence-electron chi connectivity index (χ4n) is 1.48. The number of fused-ring (bicyclic) bond motifs is 1. The average molecular weight is 178 g/mol. The van der Waals surface area contributed by atoms with Gasteiger partial charge in [-0.3, -0.25) is 9.59 Å². The molecule has 0 atom stereocenters. The second kappa shape index (κ2) is 2.73. The average Bonchev–Trinajstić information content (AvgIpc) is 2.12. The van der Waals surface area contributed by atoms with Crippen LogP contribution >= 0.6 is 0 Å². The minimum absolute atomic E-state index is 0.0797. The van der Waals surface area contributed by atoms with Crippen molar-refractivity contribution >= 4 is 5.91 Å². The van der Waals surface area contributed by atoms with Gasteiger partial charge in [0.15, 0.2) is 0 Å². The molecule has 2 heterocycles. The first-order chi connectivity index (χ1) is 6.20. The van der Waals surface area contributed by atoms with Gasteiger partial charge in [0.1, 0.15) is 5.69 Å². The summed E-state index contributed by atoms with van der Waals surface area (Å²) in [6.07, 6.45) is 0. The van der Waals surface area contributed by atoms with E-state index in [1.807, 2.05) is 0 Å². The monoisotopic (exact) mass is 178 g/mol. The highest BCUT2D eigenvalue weighted by atomic mass is 16.2. The highest BCUT2D eigenvalue weighted by molar-refractivity contribution is 5.92. The van der Waals surface area contributed by atoms with Crippen LogP contribution in [0.5, 0.6) is 0 Å². The third-order valence-corrected chi connectivity index (χ3v) is 2.27. The molecule has 4 heteroatoms. The van der Waals surface area contributed by atoms with Crippen LogP contribution in [0.4, 0.5) is 0 Å². The van der Waals surface area contributed by atoms with Crippen LogP contribution in [0.25, 0.3) is 0 Å². The second-order valence-electron chi connectivity index (χ2n) is 3.13. The number of hydrogen-bond donors (Lipinski definition) is 0. The molecule has 0 bridgehead atoms. The number of nitrogens with zero attached hydrogens (tertiary/aromatic N) is 2. The molecule has 0 saturated heterocycles. The van der Waals surface area contributed by atoms with Gasteiger partial charge in [-0.05, 0) is 6.07 Å². The Balaban J connectivity index is 2.62. The van der Waals surface area contributed by atoms with Gasteiger partial charge in [0, 0.05) is 26.2 Å². The molecule has 1 aromatic rings. The zero-order valence-corrected chi connectivity index (χ0v) is 7.36. The molecule has 1 aliphatic rings. The van der Waals surface area contributed by atoms with Crippen molar-refractivity contribution in [3.8, 4) is 0 Å². The molecule has 0 N–H and O–H groups in total. The number of amides is 1. The first kappa shape index (κ1) is 8.04. The maximum atomic E-state index is 11.5. The Bertz CT molecular complexity index is 408. The van der Waals surface area contributed by atoms with Gasteiger partial charge in [0.2, 0.25) is 0 Å². The van der Waals surface area contributed by atoms with Gasteiger partial charge in [-0.15, -0.1) is 0 Å². The highest BCUT2D eigenvalue weighted by Gasteiger charge is 2.20. The summed E-state index contributed by atoms with van der Waals surface area (Å²) in [4.78, 5) is 24.5. The maximum Gasteiger partial charge on any atom is 0.270 e. The Kier molecular flexibility index (Phi) is 1.69. The van der Waals surface area contributed by atoms with E-state index in [2.05, 4.69) is 0 Å². The lowest BCUT2D eigenvalue weighted by atomic mass is 10.2. The molecule has 0 fully saturated rings. The summed E-state index contributed by atoms with van der Waals surface area (Å²) in [6, 6.07) is 4.77. The minimum Gasteiger partial charge on any atom is -0.339 e. The summed E-state index contributed by atoms with van der Waals surface area (Å²) in [5, 5.41) is 0. The fourth-order valence-corrected chi connectivity index (χ4v) is 1.48. The summed E-state index contributed by atoms with van der Waals surface area (Å²) in [6.45, 7) is 1.20. The third-order valence-electron chi connectivity index (χ3n) is 2.27. The molecule has 0 aliphatic carbocycles. The molecule has 13 heavy (non-hydrogen) atoms. The first-order valence-electron chi connectivity index (χ1n) is 4.15. The number of carbonyl (C=O) groups excluding carboxylic acids is 1. The Labute approximate surface area is 75.4 Å². The SMILES string of the molecule is CN1CCn2c(cccc2=O)C1=O. The number of pyridine rings is 1. The molecular formula is C9H10N2O2. The van der Waals surface area contributed by atoms with Crippen molar-refractivity contribution in [1.29, 1.82) is 0 Å². The van der Waals surface area contributed by atoms with Crippen LogP contribution in [0.1, 0.15) is 10.5 Å². The van der Waals surface area contributed by atoms with Crippen molar-refractivity contribution < 1.29 is 4.79 Å². The van der Waals surface area contributed by atoms with Crippen LogP contribution in [0.2, 0.25) is 0 Å². The largest absolute Gasteiger partial charge is 0.339 e. The summed E-state index contributed by atoms with van der Waals surface area (Å²) in [5.74, 6) is -0.0797. The summed E-state index contributed by atoms with van der Waals surface area (Å²) in [5.41, 5.74) is 0.389. The molecule has 4 nitrogen and oxygen atoms in total. The summed E-state index contributed by atoms with van der Waals surface area (Å²) >= 11 is 0. The van der Waals surface area contributed by atoms with Crippen molar-refractivity contribution in [2.24, 2.45) is 0 Å². The van der Waals surface area contributed by atoms with Crippen molar-refractivity contribution in [3.63, 3.8) is 0 Å². The molecule has 1 aromatic heterocycles. The van der Waals surface area contributed by atoms with Gasteiger partial charge in [0.25, 0.3) is 11.5 Å². The van der Waals surface area contributed by atoms with Gasteiger partial charge < -0.3 is 9.47 Å². The van der Waals surface area contributed by atoms with E-state index >= 15 is 0 Å². The minimum atomic E-state index is -0.0982. The van der Waals surface area contributed by atoms with Crippen LogP contribution in [0, 0.1) is 0 Å². The lowest BCUT2D eigenvalue weighted by Gasteiger charge is -2.25. The number of likely N-dealkylation sites (N-methyl/N-ethyl adjacent to an activating group) is 1. The molecule has 0 spiro atoms. The van der Waals surface area contributed by atoms with E-state index in [1.165, 1.54) is 10.6 Å². The fraction of sp³-hybridized carbons (Fsp3) is 0.333. The van der Waals surface area contributed by atoms with Crippen molar-refractivity contribution in [2.75, 3.05) is 13.6 Å². The predicted molar refractivity (Wildman–Crippen MR) is 47.7 cm³/mol. The van der Waals surface area contributed by atoms with Crippen molar-refractivity contribution in [1.82, 2.24) is 9.47 Å². The van der Waals surface area contributed by atoms with Gasteiger partial charge in [-0.1, -0.05) is 6.07 Å². The van der Waals surface area contributed by atoms with Gasteiger partial charge >= 0.3 is 0 Å². The molecule has 0 unspecified atom stereocenters. The van der Waals surface area contributed by atoms with Crippen LogP contribution in [0.15, 0.2) is 23.0 Å². The highest BCUT2D eigenvalue weighted by Crippen LogP contribution is 2.06. The van der Waals surface area contributed by atoms with Crippen LogP contribution in [0.3, 0.4) is 0 Å². The zero-order chi connectivity index (χ0) is 9.42. The number of carbonyl (C=O) groups is 1. The molecule has 0 radical (unpaired) electrons. The Hall–Kier alpha value is -1.58. The topological polar surface area (TPSA) is 42.3 Å². The number of rotatable bonds is 0. The van der Waals surface area contributed by atoms with Gasteiger partial charge in [-0.25, -0.2) is 0 Å². The lowest BCUT2D eigenvalue weighted by Crippen LogP contribution is -2.41. The van der Waals surface area contributed by atoms with E-state index in [-0.39, 0.29) is 11.5 Å². The van der Waals surface area contributed by atoms with E-state index in [1.54, 1.807) is 24.1 Å². The third kappa shape index (κ3) is 1.14. The number of hydrogen-bond acceptors (Lipinski definition) is 2. The van der Waals surface area contributed by atoms with Gasteiger partial charge in [-0.2, -0.15) is 0 Å². The second-order valence-corrected chi connectivity index (χ2v) is 3.13. The quantitative estimate of drug-likeness (QED) is 0.558.